The van der Waals surface area contributed by atoms with Gasteiger partial charge in [0.15, 0.2) is 12.3 Å². The summed E-state index contributed by atoms with van der Waals surface area (Å²) in [4.78, 5) is 22.9. The number of carbonyl (C=O) groups excluding carboxylic acids is 1. The zero-order chi connectivity index (χ0) is 11.1. The molecule has 0 amide bonds. The topological polar surface area (TPSA) is 60.3 Å². The van der Waals surface area contributed by atoms with E-state index in [1.54, 1.807) is 0 Å². The van der Waals surface area contributed by atoms with Gasteiger partial charge in [0.1, 0.15) is 13.6 Å². The summed E-state index contributed by atoms with van der Waals surface area (Å²) < 4.78 is 0. The van der Waals surface area contributed by atoms with E-state index in [1.807, 2.05) is 25.8 Å². The van der Waals surface area contributed by atoms with Crippen LogP contribution in [0.1, 0.15) is 26.7 Å². The lowest BCUT2D eigenvalue weighted by molar-refractivity contribution is -0.137. The average Bonchev–Trinajstić information content (AvgIpc) is 2.03. The highest BCUT2D eigenvalue weighted by Crippen LogP contribution is 2.05. The van der Waals surface area contributed by atoms with Crippen LogP contribution in [0, 0.1) is 5.92 Å². The van der Waals surface area contributed by atoms with E-state index in [2.05, 4.69) is 0 Å². The smallest absolute Gasteiger partial charge is 0.303 e. The predicted molar refractivity (Wildman–Crippen MR) is 54.5 cm³/mol. The molecule has 1 N–H and O–H groups in total. The first kappa shape index (κ1) is 13.1. The molecule has 0 aliphatic rings. The number of hydrogen-bond acceptors (Lipinski definition) is 3. The Morgan fingerprint density at radius 3 is 2.43 bits per heavy atom. The number of hydrogen-bond donors (Lipinski definition) is 1. The molecular weight excluding hydrogens is 182 g/mol. The van der Waals surface area contributed by atoms with Crippen molar-refractivity contribution in [1.82, 2.24) is 4.90 Å². The molecule has 0 fully saturated rings. The monoisotopic (exact) mass is 201 g/mol. The molecule has 0 rings (SSSR count). The summed E-state index contributed by atoms with van der Waals surface area (Å²) in [7, 11) is 1.85. The molecule has 0 aromatic heterocycles. The third-order valence-corrected chi connectivity index (χ3v) is 2.23. The second-order valence-corrected chi connectivity index (χ2v) is 3.85. The highest BCUT2D eigenvalue weighted by Gasteiger charge is 2.25. The summed E-state index contributed by atoms with van der Waals surface area (Å²) in [6.07, 6.45) is 1.67. The van der Waals surface area contributed by atoms with Crippen molar-refractivity contribution < 1.29 is 14.7 Å². The minimum Gasteiger partial charge on any atom is -0.481 e. The Bertz CT molecular complexity index is 192. The number of nitrogens with zero attached hydrogens (tertiary/aromatic N) is 1. The van der Waals surface area contributed by atoms with E-state index in [9.17, 15) is 9.59 Å². The molecule has 4 nitrogen and oxygen atoms in total. The van der Waals surface area contributed by atoms with Gasteiger partial charge in [-0.2, -0.15) is 4.90 Å². The molecule has 1 radical (unpaired) electrons. The van der Waals surface area contributed by atoms with E-state index >= 15 is 0 Å². The zero-order valence-electron chi connectivity index (χ0n) is 9.06. The van der Waals surface area contributed by atoms with Gasteiger partial charge < -0.3 is 5.11 Å². The van der Waals surface area contributed by atoms with Crippen LogP contribution in [0.25, 0.3) is 0 Å². The zero-order valence-corrected chi connectivity index (χ0v) is 9.06. The van der Waals surface area contributed by atoms with E-state index in [-0.39, 0.29) is 18.4 Å². The lowest BCUT2D eigenvalue weighted by Crippen LogP contribution is -2.42. The molecule has 81 valence electrons. The minimum atomic E-state index is -0.786. The number of carboxylic acid groups (broad SMARTS) is 1. The van der Waals surface area contributed by atoms with Gasteiger partial charge in [0.25, 0.3) is 0 Å². The fraction of sp³-hybridized carbons (Fsp3) is 0.800. The number of rotatable bonds is 7. The maximum Gasteiger partial charge on any atom is 0.303 e. The maximum absolute atomic E-state index is 10.7. The van der Waals surface area contributed by atoms with Crippen LogP contribution in [0.2, 0.25) is 0 Å². The Labute approximate surface area is 84.9 Å². The summed E-state index contributed by atoms with van der Waals surface area (Å²) in [5.74, 6) is -0.520. The summed E-state index contributed by atoms with van der Waals surface area (Å²) in [6, 6.07) is -0.108. The lowest BCUT2D eigenvalue weighted by Gasteiger charge is -2.16. The van der Waals surface area contributed by atoms with E-state index < -0.39 is 5.97 Å². The Balaban J connectivity index is 3.86. The van der Waals surface area contributed by atoms with Gasteiger partial charge in [0, 0.05) is 12.3 Å². The molecule has 0 aliphatic carbocycles. The Morgan fingerprint density at radius 2 is 2.07 bits per heavy atom. The fourth-order valence-corrected chi connectivity index (χ4v) is 1.40. The molecular formula is C10H19NO3+. The van der Waals surface area contributed by atoms with Gasteiger partial charge in [-0.25, -0.2) is 0 Å². The quantitative estimate of drug-likeness (QED) is 0.490. The van der Waals surface area contributed by atoms with Crippen LogP contribution in [-0.2, 0) is 9.59 Å². The number of likely N-dealkylation sites (N-methyl/N-ethyl adjacent to an activating group) is 1. The molecule has 0 unspecified atom stereocenters. The largest absolute Gasteiger partial charge is 0.481 e. The molecule has 0 aliphatic heterocycles. The Morgan fingerprint density at radius 1 is 1.50 bits per heavy atom. The third-order valence-electron chi connectivity index (χ3n) is 2.23. The first-order valence-electron chi connectivity index (χ1n) is 4.86. The van der Waals surface area contributed by atoms with Crippen LogP contribution in [-0.4, -0.2) is 37.0 Å². The van der Waals surface area contributed by atoms with E-state index in [1.165, 1.54) is 0 Å². The van der Waals surface area contributed by atoms with Crippen molar-refractivity contribution in [3.05, 3.63) is 0 Å². The van der Waals surface area contributed by atoms with E-state index in [0.29, 0.717) is 13.0 Å². The summed E-state index contributed by atoms with van der Waals surface area (Å²) >= 11 is 0. The van der Waals surface area contributed by atoms with Gasteiger partial charge in [-0.05, 0) is 0 Å². The predicted octanol–water partition coefficient (Wildman–Crippen LogP) is 0.845. The van der Waals surface area contributed by atoms with Crippen molar-refractivity contribution in [3.63, 3.8) is 0 Å². The van der Waals surface area contributed by atoms with Gasteiger partial charge in [-0.3, -0.25) is 9.59 Å². The number of aldehydes is 1. The van der Waals surface area contributed by atoms with Gasteiger partial charge in [0.05, 0.1) is 6.42 Å². The summed E-state index contributed by atoms with van der Waals surface area (Å²) in [5, 5.41) is 8.44. The molecule has 4 heteroatoms. The SMILES string of the molecule is CC(C)[C@@H](C=O)[N+](C)CCCC(=O)O. The standard InChI is InChI=1S/C10H19NO3/c1-8(2)9(7-12)11(3)6-4-5-10(13)14/h7-9H,4-6H2,1-3H3,(H,13,14)/q+1/t9-/m1/s1. The van der Waals surface area contributed by atoms with Crippen molar-refractivity contribution in [2.24, 2.45) is 5.92 Å². The number of carboxylic acids is 1. The Hall–Kier alpha value is -0.900. The molecule has 0 heterocycles. The molecule has 0 saturated heterocycles. The molecule has 0 saturated carbocycles. The highest BCUT2D eigenvalue weighted by atomic mass is 16.4. The molecule has 0 aromatic rings. The molecule has 0 spiro atoms. The van der Waals surface area contributed by atoms with Crippen LogP contribution >= 0.6 is 0 Å². The first-order valence-corrected chi connectivity index (χ1v) is 4.86. The van der Waals surface area contributed by atoms with Crippen LogP contribution in [0.3, 0.4) is 0 Å². The van der Waals surface area contributed by atoms with E-state index in [4.69, 9.17) is 5.11 Å². The Kier molecular flexibility index (Phi) is 6.12. The van der Waals surface area contributed by atoms with E-state index in [0.717, 1.165) is 6.29 Å². The van der Waals surface area contributed by atoms with Gasteiger partial charge in [-0.15, -0.1) is 0 Å². The minimum absolute atomic E-state index is 0.108. The van der Waals surface area contributed by atoms with Crippen LogP contribution in [0.5, 0.6) is 0 Å². The van der Waals surface area contributed by atoms with Crippen molar-refractivity contribution in [1.29, 1.82) is 0 Å². The summed E-state index contributed by atoms with van der Waals surface area (Å²) in [6.45, 7) is 4.60. The second kappa shape index (κ2) is 6.54. The van der Waals surface area contributed by atoms with Crippen molar-refractivity contribution >= 4 is 12.3 Å². The molecule has 0 aromatic carbocycles. The summed E-state index contributed by atoms with van der Waals surface area (Å²) in [5.41, 5.74) is 0. The molecule has 14 heavy (non-hydrogen) atoms. The van der Waals surface area contributed by atoms with Gasteiger partial charge >= 0.3 is 5.97 Å². The highest BCUT2D eigenvalue weighted by molar-refractivity contribution is 5.66. The van der Waals surface area contributed by atoms with Crippen LogP contribution in [0.15, 0.2) is 0 Å². The number of carbonyl (C=O) groups is 2. The number of aliphatic carboxylic acids is 1. The second-order valence-electron chi connectivity index (χ2n) is 3.85. The van der Waals surface area contributed by atoms with Crippen LogP contribution < -0.4 is 4.90 Å². The lowest BCUT2D eigenvalue weighted by atomic mass is 10.0. The van der Waals surface area contributed by atoms with Crippen molar-refractivity contribution in [3.8, 4) is 0 Å². The van der Waals surface area contributed by atoms with Crippen molar-refractivity contribution in [2.75, 3.05) is 13.6 Å². The first-order chi connectivity index (χ1) is 6.49. The van der Waals surface area contributed by atoms with Crippen molar-refractivity contribution in [2.45, 2.75) is 32.7 Å². The maximum atomic E-state index is 10.7. The normalized spacial score (nSPS) is 13.2. The third kappa shape index (κ3) is 4.97. The fourth-order valence-electron chi connectivity index (χ4n) is 1.40. The van der Waals surface area contributed by atoms with Crippen LogP contribution in [0.4, 0.5) is 0 Å². The van der Waals surface area contributed by atoms with Gasteiger partial charge in [-0.1, -0.05) is 13.8 Å². The average molecular weight is 201 g/mol. The molecule has 1 atom stereocenters. The van der Waals surface area contributed by atoms with Gasteiger partial charge in [0.2, 0.25) is 0 Å². The molecule has 0 bridgehead atoms.